The molecule has 0 aliphatic heterocycles. The number of benzene rings is 1. The van der Waals surface area contributed by atoms with E-state index in [0.717, 1.165) is 12.1 Å². The largest absolute Gasteiger partial charge is 0.416 e. The summed E-state index contributed by atoms with van der Waals surface area (Å²) >= 11 is 0. The number of imidazole rings is 1. The summed E-state index contributed by atoms with van der Waals surface area (Å²) in [6.45, 7) is 1.65. The highest BCUT2D eigenvalue weighted by atomic mass is 19.4. The number of H-pyrrole nitrogens is 1. The van der Waals surface area contributed by atoms with Gasteiger partial charge >= 0.3 is 6.18 Å². The molecule has 2 heterocycles. The number of alkyl halides is 3. The van der Waals surface area contributed by atoms with Gasteiger partial charge in [-0.25, -0.2) is 9.97 Å². The van der Waals surface area contributed by atoms with Gasteiger partial charge in [-0.2, -0.15) is 13.2 Å². The van der Waals surface area contributed by atoms with Crippen molar-refractivity contribution in [1.29, 1.82) is 0 Å². The van der Waals surface area contributed by atoms with E-state index < -0.39 is 17.3 Å². The lowest BCUT2D eigenvalue weighted by Crippen LogP contribution is -2.11. The maximum Gasteiger partial charge on any atom is 0.416 e. The first-order chi connectivity index (χ1) is 9.88. The van der Waals surface area contributed by atoms with E-state index in [1.807, 2.05) is 0 Å². The Morgan fingerprint density at radius 2 is 1.86 bits per heavy atom. The Kier molecular flexibility index (Phi) is 2.82. The minimum atomic E-state index is -4.40. The van der Waals surface area contributed by atoms with E-state index in [1.165, 1.54) is 23.0 Å². The summed E-state index contributed by atoms with van der Waals surface area (Å²) in [5, 5.41) is 0. The summed E-state index contributed by atoms with van der Waals surface area (Å²) in [4.78, 5) is 22.4. The van der Waals surface area contributed by atoms with Gasteiger partial charge in [-0.1, -0.05) is 0 Å². The fraction of sp³-hybridized carbons (Fsp3) is 0.154. The predicted molar refractivity (Wildman–Crippen MR) is 69.2 cm³/mol. The summed E-state index contributed by atoms with van der Waals surface area (Å²) in [5.74, 6) is 0.467. The summed E-state index contributed by atoms with van der Waals surface area (Å²) in [6, 6.07) is 4.52. The molecule has 108 valence electrons. The quantitative estimate of drug-likeness (QED) is 0.749. The van der Waals surface area contributed by atoms with Crippen molar-refractivity contribution in [3.8, 4) is 5.69 Å². The average Bonchev–Trinajstić information content (AvgIpc) is 2.75. The van der Waals surface area contributed by atoms with Gasteiger partial charge in [0.25, 0.3) is 5.56 Å². The molecule has 1 aromatic carbocycles. The van der Waals surface area contributed by atoms with Gasteiger partial charge in [0.05, 0.1) is 11.9 Å². The van der Waals surface area contributed by atoms with E-state index in [0.29, 0.717) is 11.5 Å². The monoisotopic (exact) mass is 294 g/mol. The van der Waals surface area contributed by atoms with Crippen LogP contribution >= 0.6 is 0 Å². The summed E-state index contributed by atoms with van der Waals surface area (Å²) < 4.78 is 39.2. The van der Waals surface area contributed by atoms with E-state index in [-0.39, 0.29) is 11.2 Å². The van der Waals surface area contributed by atoms with Crippen LogP contribution in [0.25, 0.3) is 16.9 Å². The molecule has 3 aromatic rings. The molecule has 8 heteroatoms. The number of nitrogens with zero attached hydrogens (tertiary/aromatic N) is 3. The molecule has 21 heavy (non-hydrogen) atoms. The van der Waals surface area contributed by atoms with Crippen molar-refractivity contribution < 1.29 is 13.2 Å². The van der Waals surface area contributed by atoms with Crippen molar-refractivity contribution in [3.05, 3.63) is 52.3 Å². The molecule has 0 saturated heterocycles. The zero-order chi connectivity index (χ0) is 15.2. The minimum absolute atomic E-state index is 0.203. The molecule has 1 N–H and O–H groups in total. The van der Waals surface area contributed by atoms with Crippen LogP contribution < -0.4 is 5.56 Å². The number of nitrogens with one attached hydrogen (secondary N) is 1. The normalized spacial score (nSPS) is 12.0. The highest BCUT2D eigenvalue weighted by Crippen LogP contribution is 2.30. The van der Waals surface area contributed by atoms with Gasteiger partial charge in [0.1, 0.15) is 5.82 Å². The van der Waals surface area contributed by atoms with Crippen molar-refractivity contribution in [1.82, 2.24) is 19.5 Å². The van der Waals surface area contributed by atoms with Crippen molar-refractivity contribution in [2.75, 3.05) is 0 Å². The average molecular weight is 294 g/mol. The number of hydrogen-bond donors (Lipinski definition) is 1. The van der Waals surface area contributed by atoms with Gasteiger partial charge in [0.2, 0.25) is 0 Å². The second kappa shape index (κ2) is 4.44. The van der Waals surface area contributed by atoms with E-state index in [4.69, 9.17) is 0 Å². The minimum Gasteiger partial charge on any atom is -0.311 e. The molecule has 0 unspecified atom stereocenters. The fourth-order valence-electron chi connectivity index (χ4n) is 2.15. The first-order valence-electron chi connectivity index (χ1n) is 5.98. The van der Waals surface area contributed by atoms with E-state index in [2.05, 4.69) is 15.0 Å². The Morgan fingerprint density at radius 3 is 2.48 bits per heavy atom. The van der Waals surface area contributed by atoms with E-state index in [9.17, 15) is 18.0 Å². The zero-order valence-electron chi connectivity index (χ0n) is 10.8. The first kappa shape index (κ1) is 13.3. The van der Waals surface area contributed by atoms with Gasteiger partial charge in [-0.05, 0) is 31.2 Å². The Labute approximate surface area is 116 Å². The lowest BCUT2D eigenvalue weighted by Gasteiger charge is -2.09. The van der Waals surface area contributed by atoms with Gasteiger partial charge in [-0.15, -0.1) is 0 Å². The van der Waals surface area contributed by atoms with E-state index in [1.54, 1.807) is 6.92 Å². The third kappa shape index (κ3) is 2.18. The summed E-state index contributed by atoms with van der Waals surface area (Å²) in [6.07, 6.45) is -3.17. The van der Waals surface area contributed by atoms with Crippen LogP contribution in [0.4, 0.5) is 13.2 Å². The first-order valence-corrected chi connectivity index (χ1v) is 5.98. The number of rotatable bonds is 1. The summed E-state index contributed by atoms with van der Waals surface area (Å²) in [7, 11) is 0. The van der Waals surface area contributed by atoms with E-state index >= 15 is 0 Å². The highest BCUT2D eigenvalue weighted by Gasteiger charge is 2.30. The Balaban J connectivity index is 2.21. The van der Waals surface area contributed by atoms with Crippen LogP contribution in [0.1, 0.15) is 11.4 Å². The SMILES string of the molecule is Cc1nc2nc[nH]c(=O)c2n1-c1ccc(C(F)(F)F)cc1. The molecule has 0 aliphatic carbocycles. The number of fused-ring (bicyclic) bond motifs is 1. The topological polar surface area (TPSA) is 63.6 Å². The van der Waals surface area contributed by atoms with Gasteiger partial charge in [0.15, 0.2) is 11.2 Å². The molecular weight excluding hydrogens is 285 g/mol. The zero-order valence-corrected chi connectivity index (χ0v) is 10.8. The predicted octanol–water partition coefficient (Wildman–Crippen LogP) is 2.44. The smallest absolute Gasteiger partial charge is 0.311 e. The van der Waals surface area contributed by atoms with Crippen LogP contribution in [-0.2, 0) is 6.18 Å². The van der Waals surface area contributed by atoms with Crippen molar-refractivity contribution >= 4 is 11.2 Å². The molecular formula is C13H9F3N4O. The standard InChI is InChI=1S/C13H9F3N4O/c1-7-19-11-10(12(21)18-6-17-11)20(7)9-4-2-8(3-5-9)13(14,15)16/h2-6H,1H3,(H,17,18,21). The van der Waals surface area contributed by atoms with Crippen molar-refractivity contribution in [3.63, 3.8) is 0 Å². The molecule has 0 bridgehead atoms. The van der Waals surface area contributed by atoms with Crippen molar-refractivity contribution in [2.24, 2.45) is 0 Å². The van der Waals surface area contributed by atoms with Gasteiger partial charge in [0, 0.05) is 5.69 Å². The lowest BCUT2D eigenvalue weighted by atomic mass is 10.2. The number of hydrogen-bond acceptors (Lipinski definition) is 3. The number of halogens is 3. The van der Waals surface area contributed by atoms with Gasteiger partial charge in [-0.3, -0.25) is 9.36 Å². The Bertz CT molecular complexity index is 862. The second-order valence-corrected chi connectivity index (χ2v) is 4.44. The second-order valence-electron chi connectivity index (χ2n) is 4.44. The Morgan fingerprint density at radius 1 is 1.19 bits per heavy atom. The van der Waals surface area contributed by atoms with Crippen LogP contribution in [0, 0.1) is 6.92 Å². The van der Waals surface area contributed by atoms with Crippen LogP contribution in [-0.4, -0.2) is 19.5 Å². The van der Waals surface area contributed by atoms with Crippen molar-refractivity contribution in [2.45, 2.75) is 13.1 Å². The van der Waals surface area contributed by atoms with Gasteiger partial charge < -0.3 is 4.98 Å². The number of aromatic nitrogens is 4. The molecule has 3 rings (SSSR count). The third-order valence-corrected chi connectivity index (χ3v) is 3.08. The highest BCUT2D eigenvalue weighted by molar-refractivity contribution is 5.72. The van der Waals surface area contributed by atoms with Crippen LogP contribution in [0.5, 0.6) is 0 Å². The fourth-order valence-corrected chi connectivity index (χ4v) is 2.15. The van der Waals surface area contributed by atoms with Crippen LogP contribution in [0.3, 0.4) is 0 Å². The molecule has 0 fully saturated rings. The molecule has 0 saturated carbocycles. The molecule has 0 aliphatic rings. The maximum atomic E-state index is 12.6. The lowest BCUT2D eigenvalue weighted by molar-refractivity contribution is -0.137. The van der Waals surface area contributed by atoms with Crippen LogP contribution in [0.15, 0.2) is 35.4 Å². The maximum absolute atomic E-state index is 12.6. The Hall–Kier alpha value is -2.64. The third-order valence-electron chi connectivity index (χ3n) is 3.08. The molecule has 0 atom stereocenters. The summed E-state index contributed by atoms with van der Waals surface area (Å²) in [5.41, 5.74) is -0.284. The number of aryl methyl sites for hydroxylation is 1. The molecule has 0 spiro atoms. The molecule has 0 radical (unpaired) electrons. The molecule has 0 amide bonds. The number of aromatic amines is 1. The molecule has 5 nitrogen and oxygen atoms in total. The molecule has 2 aromatic heterocycles. The van der Waals surface area contributed by atoms with Crippen LogP contribution in [0.2, 0.25) is 0 Å².